The fourth-order valence-electron chi connectivity index (χ4n) is 2.40. The second kappa shape index (κ2) is 12.0. The predicted octanol–water partition coefficient (Wildman–Crippen LogP) is 2.88. The van der Waals surface area contributed by atoms with Crippen LogP contribution in [0.15, 0.2) is 58.0 Å². The van der Waals surface area contributed by atoms with Gasteiger partial charge in [0.1, 0.15) is 6.04 Å². The summed E-state index contributed by atoms with van der Waals surface area (Å²) in [7, 11) is 0. The maximum atomic E-state index is 12.3. The summed E-state index contributed by atoms with van der Waals surface area (Å²) in [6, 6.07) is 12.2. The molecule has 29 heavy (non-hydrogen) atoms. The number of amides is 2. The first-order chi connectivity index (χ1) is 14.0. The van der Waals surface area contributed by atoms with Gasteiger partial charge in [-0.25, -0.2) is 4.79 Å². The summed E-state index contributed by atoms with van der Waals surface area (Å²) >= 11 is 1.72. The summed E-state index contributed by atoms with van der Waals surface area (Å²) in [5.74, 6) is -0.768. The number of benzene rings is 1. The highest BCUT2D eigenvalue weighted by Gasteiger charge is 2.27. The molecule has 2 N–H and O–H groups in total. The first kappa shape index (κ1) is 22.5. The normalized spacial score (nSPS) is 11.7. The third-order valence-corrected chi connectivity index (χ3v) is 5.05. The molecule has 8 heteroatoms. The molecule has 0 aliphatic rings. The molecule has 0 fully saturated rings. The minimum absolute atomic E-state index is 0.106. The van der Waals surface area contributed by atoms with E-state index in [2.05, 4.69) is 10.6 Å². The van der Waals surface area contributed by atoms with Crippen LogP contribution in [0.5, 0.6) is 0 Å². The van der Waals surface area contributed by atoms with E-state index in [-0.39, 0.29) is 24.2 Å². The SMILES string of the molecule is CC(C)[C@@H](NC(=O)c1ccco1)C(=O)OCC(=O)NCCCSc1ccccc1. The zero-order valence-corrected chi connectivity index (χ0v) is 17.4. The molecule has 0 spiro atoms. The highest BCUT2D eigenvalue weighted by Crippen LogP contribution is 2.17. The van der Waals surface area contributed by atoms with Crippen LogP contribution in [0.1, 0.15) is 30.8 Å². The molecule has 0 saturated carbocycles. The molecule has 0 unspecified atom stereocenters. The topological polar surface area (TPSA) is 97.6 Å². The van der Waals surface area contributed by atoms with Crippen molar-refractivity contribution in [3.63, 3.8) is 0 Å². The van der Waals surface area contributed by atoms with Crippen molar-refractivity contribution in [1.29, 1.82) is 0 Å². The summed E-state index contributed by atoms with van der Waals surface area (Å²) in [4.78, 5) is 37.4. The van der Waals surface area contributed by atoms with Crippen LogP contribution in [0.2, 0.25) is 0 Å². The van der Waals surface area contributed by atoms with Gasteiger partial charge in [0.25, 0.3) is 11.8 Å². The Hall–Kier alpha value is -2.74. The maximum Gasteiger partial charge on any atom is 0.329 e. The summed E-state index contributed by atoms with van der Waals surface area (Å²) < 4.78 is 10.1. The van der Waals surface area contributed by atoms with Gasteiger partial charge in [-0.05, 0) is 42.4 Å². The molecule has 1 aromatic heterocycles. The van der Waals surface area contributed by atoms with Crippen molar-refractivity contribution >= 4 is 29.5 Å². The number of ether oxygens (including phenoxy) is 1. The molecule has 156 valence electrons. The molecule has 2 amide bonds. The number of furan rings is 1. The molecule has 2 aromatic rings. The quantitative estimate of drug-likeness (QED) is 0.331. The third-order valence-electron chi connectivity index (χ3n) is 3.95. The van der Waals surface area contributed by atoms with Crippen molar-refractivity contribution < 1.29 is 23.5 Å². The lowest BCUT2D eigenvalue weighted by Gasteiger charge is -2.20. The zero-order chi connectivity index (χ0) is 21.1. The van der Waals surface area contributed by atoms with Crippen molar-refractivity contribution in [2.75, 3.05) is 18.9 Å². The Morgan fingerprint density at radius 1 is 1.10 bits per heavy atom. The van der Waals surface area contributed by atoms with Crippen LogP contribution in [-0.2, 0) is 14.3 Å². The Morgan fingerprint density at radius 3 is 2.52 bits per heavy atom. The van der Waals surface area contributed by atoms with E-state index in [1.807, 2.05) is 30.3 Å². The van der Waals surface area contributed by atoms with Gasteiger partial charge in [0.05, 0.1) is 6.26 Å². The van der Waals surface area contributed by atoms with E-state index >= 15 is 0 Å². The minimum Gasteiger partial charge on any atom is -0.459 e. The average Bonchev–Trinajstić information content (AvgIpc) is 3.25. The van der Waals surface area contributed by atoms with Crippen LogP contribution in [0.4, 0.5) is 0 Å². The predicted molar refractivity (Wildman–Crippen MR) is 111 cm³/mol. The van der Waals surface area contributed by atoms with Gasteiger partial charge in [-0.2, -0.15) is 0 Å². The summed E-state index contributed by atoms with van der Waals surface area (Å²) in [5.41, 5.74) is 0. The van der Waals surface area contributed by atoms with Crippen molar-refractivity contribution in [1.82, 2.24) is 10.6 Å². The molecular weight excluding hydrogens is 392 g/mol. The number of nitrogens with one attached hydrogen (secondary N) is 2. The van der Waals surface area contributed by atoms with Gasteiger partial charge in [-0.15, -0.1) is 11.8 Å². The van der Waals surface area contributed by atoms with E-state index in [0.717, 1.165) is 12.2 Å². The molecule has 0 saturated heterocycles. The number of carbonyl (C=O) groups is 3. The first-order valence-electron chi connectivity index (χ1n) is 9.43. The maximum absolute atomic E-state index is 12.3. The Balaban J connectivity index is 1.66. The number of hydrogen-bond donors (Lipinski definition) is 2. The molecule has 0 aliphatic heterocycles. The van der Waals surface area contributed by atoms with Crippen LogP contribution >= 0.6 is 11.8 Å². The number of esters is 1. The number of rotatable bonds is 11. The number of thioether (sulfide) groups is 1. The Morgan fingerprint density at radius 2 is 1.86 bits per heavy atom. The van der Waals surface area contributed by atoms with Gasteiger partial charge >= 0.3 is 5.97 Å². The summed E-state index contributed by atoms with van der Waals surface area (Å²) in [5, 5.41) is 5.30. The Bertz CT molecular complexity index is 778. The fourth-order valence-corrected chi connectivity index (χ4v) is 3.28. The van der Waals surface area contributed by atoms with Crippen LogP contribution in [0.25, 0.3) is 0 Å². The molecular formula is C21H26N2O5S. The van der Waals surface area contributed by atoms with E-state index in [1.165, 1.54) is 17.2 Å². The highest BCUT2D eigenvalue weighted by atomic mass is 32.2. The highest BCUT2D eigenvalue weighted by molar-refractivity contribution is 7.99. The molecule has 0 radical (unpaired) electrons. The van der Waals surface area contributed by atoms with Crippen LogP contribution < -0.4 is 10.6 Å². The monoisotopic (exact) mass is 418 g/mol. The molecule has 1 heterocycles. The van der Waals surface area contributed by atoms with Gasteiger partial charge in [0, 0.05) is 11.4 Å². The van der Waals surface area contributed by atoms with Crippen LogP contribution in [-0.4, -0.2) is 42.7 Å². The van der Waals surface area contributed by atoms with Gasteiger partial charge in [0.2, 0.25) is 0 Å². The Kier molecular flexibility index (Phi) is 9.30. The summed E-state index contributed by atoms with van der Waals surface area (Å²) in [6.07, 6.45) is 2.17. The first-order valence-corrected chi connectivity index (χ1v) is 10.4. The molecule has 1 atom stereocenters. The van der Waals surface area contributed by atoms with E-state index in [9.17, 15) is 14.4 Å². The van der Waals surface area contributed by atoms with Crippen LogP contribution in [0, 0.1) is 5.92 Å². The second-order valence-corrected chi connectivity index (χ2v) is 7.81. The molecule has 0 aliphatic carbocycles. The molecule has 1 aromatic carbocycles. The fraction of sp³-hybridized carbons (Fsp3) is 0.381. The van der Waals surface area contributed by atoms with E-state index in [4.69, 9.17) is 9.15 Å². The van der Waals surface area contributed by atoms with E-state index in [0.29, 0.717) is 6.54 Å². The van der Waals surface area contributed by atoms with Crippen molar-refractivity contribution in [2.45, 2.75) is 31.2 Å². The number of hydrogen-bond acceptors (Lipinski definition) is 6. The molecule has 0 bridgehead atoms. The number of carbonyl (C=O) groups excluding carboxylic acids is 3. The lowest BCUT2D eigenvalue weighted by atomic mass is 10.0. The van der Waals surface area contributed by atoms with Crippen molar-refractivity contribution in [2.24, 2.45) is 5.92 Å². The van der Waals surface area contributed by atoms with Gasteiger partial charge < -0.3 is 19.8 Å². The second-order valence-electron chi connectivity index (χ2n) is 6.65. The van der Waals surface area contributed by atoms with Crippen molar-refractivity contribution in [3.05, 3.63) is 54.5 Å². The summed E-state index contributed by atoms with van der Waals surface area (Å²) in [6.45, 7) is 3.67. The molecule has 7 nitrogen and oxygen atoms in total. The van der Waals surface area contributed by atoms with Gasteiger partial charge in [0.15, 0.2) is 12.4 Å². The lowest BCUT2D eigenvalue weighted by Crippen LogP contribution is -2.46. The molecule has 2 rings (SSSR count). The standard InChI is InChI=1S/C21H26N2O5S/c1-15(2)19(23-20(25)17-10-6-12-27-17)21(26)28-14-18(24)22-11-7-13-29-16-8-4-3-5-9-16/h3-6,8-10,12,15,19H,7,11,13-14H2,1-2H3,(H,22,24)(H,23,25)/t19-/m1/s1. The largest absolute Gasteiger partial charge is 0.459 e. The van der Waals surface area contributed by atoms with Gasteiger partial charge in [-0.3, -0.25) is 9.59 Å². The average molecular weight is 419 g/mol. The van der Waals surface area contributed by atoms with E-state index in [1.54, 1.807) is 31.7 Å². The lowest BCUT2D eigenvalue weighted by molar-refractivity contribution is -0.151. The zero-order valence-electron chi connectivity index (χ0n) is 16.6. The smallest absolute Gasteiger partial charge is 0.329 e. The Labute approximate surface area is 174 Å². The van der Waals surface area contributed by atoms with Gasteiger partial charge in [-0.1, -0.05) is 32.0 Å². The van der Waals surface area contributed by atoms with E-state index < -0.39 is 17.9 Å². The minimum atomic E-state index is -0.873. The van der Waals surface area contributed by atoms with Crippen LogP contribution in [0.3, 0.4) is 0 Å². The third kappa shape index (κ3) is 8.03. The van der Waals surface area contributed by atoms with Crippen molar-refractivity contribution in [3.8, 4) is 0 Å².